The molecule has 0 aliphatic heterocycles. The summed E-state index contributed by atoms with van der Waals surface area (Å²) in [5.74, 6) is 0. The third-order valence-electron chi connectivity index (χ3n) is 9.12. The highest BCUT2D eigenvalue weighted by Gasteiger charge is 2.18. The minimum Gasteiger partial charge on any atom is -0.235 e. The van der Waals surface area contributed by atoms with Crippen LogP contribution in [-0.2, 0) is 0 Å². The molecule has 238 valence electrons. The molecule has 0 saturated carbocycles. The Balaban J connectivity index is 1.07. The number of aromatic nitrogens is 2. The van der Waals surface area contributed by atoms with Crippen LogP contribution in [0.2, 0.25) is 0 Å². The normalized spacial score (nSPS) is 15.5. The summed E-state index contributed by atoms with van der Waals surface area (Å²) < 4.78 is 115. The van der Waals surface area contributed by atoms with Gasteiger partial charge >= 0.3 is 0 Å². The van der Waals surface area contributed by atoms with Crippen LogP contribution < -0.4 is 0 Å². The summed E-state index contributed by atoms with van der Waals surface area (Å²) in [6.45, 7) is 0. The van der Waals surface area contributed by atoms with Gasteiger partial charge in [-0.15, -0.1) is 34.0 Å². The lowest BCUT2D eigenvalue weighted by Gasteiger charge is -2.08. The number of thiophene rings is 3. The molecule has 0 unspecified atom stereocenters. The smallest absolute Gasteiger partial charge is 0.116 e. The molecule has 2 nitrogen and oxygen atoms in total. The topological polar surface area (TPSA) is 25.8 Å². The van der Waals surface area contributed by atoms with E-state index in [1.165, 1.54) is 29.0 Å². The fraction of sp³-hybridized carbons (Fsp3) is 0. The Morgan fingerprint density at radius 2 is 0.980 bits per heavy atom. The molecule has 5 heteroatoms. The Morgan fingerprint density at radius 1 is 0.412 bits per heavy atom. The van der Waals surface area contributed by atoms with Gasteiger partial charge in [0, 0.05) is 56.0 Å². The second kappa shape index (κ2) is 11.4. The minimum absolute atomic E-state index is 0.0583. The van der Waals surface area contributed by atoms with Crippen molar-refractivity contribution in [2.75, 3.05) is 0 Å². The third-order valence-corrected chi connectivity index (χ3v) is 12.6. The van der Waals surface area contributed by atoms with E-state index in [2.05, 4.69) is 0 Å². The van der Waals surface area contributed by atoms with Crippen molar-refractivity contribution in [3.05, 3.63) is 158 Å². The Labute approximate surface area is 323 Å². The number of fused-ring (bicyclic) bond motifs is 9. The van der Waals surface area contributed by atoms with Crippen LogP contribution in [0.25, 0.3) is 105 Å². The van der Waals surface area contributed by atoms with Crippen molar-refractivity contribution in [2.24, 2.45) is 0 Å². The summed E-state index contributed by atoms with van der Waals surface area (Å²) in [6, 6.07) is 19.4. The fourth-order valence-electron chi connectivity index (χ4n) is 6.83. The van der Waals surface area contributed by atoms with Crippen LogP contribution in [0.4, 0.5) is 0 Å². The number of hydrogen-bond donors (Lipinski definition) is 0. The molecule has 0 saturated heterocycles. The van der Waals surface area contributed by atoms with Crippen molar-refractivity contribution in [1.82, 2.24) is 9.97 Å². The maximum Gasteiger partial charge on any atom is 0.116 e. The summed E-state index contributed by atoms with van der Waals surface area (Å²) in [7, 11) is 0. The Hall–Kier alpha value is -5.72. The maximum atomic E-state index is 9.05. The third kappa shape index (κ3) is 4.52. The summed E-state index contributed by atoms with van der Waals surface area (Å²) in [4.78, 5) is 9.49. The first-order valence-electron chi connectivity index (χ1n) is 22.4. The molecule has 4 aromatic heterocycles. The van der Waals surface area contributed by atoms with E-state index < -0.39 is 6.04 Å². The van der Waals surface area contributed by atoms with Crippen LogP contribution >= 0.6 is 34.0 Å². The lowest BCUT2D eigenvalue weighted by atomic mass is 9.97. The first-order chi connectivity index (χ1) is 30.7. The predicted molar refractivity (Wildman–Crippen MR) is 222 cm³/mol. The molecule has 0 amide bonds. The second-order valence-electron chi connectivity index (χ2n) is 11.9. The van der Waals surface area contributed by atoms with Gasteiger partial charge in [-0.1, -0.05) is 127 Å². The van der Waals surface area contributed by atoms with E-state index in [4.69, 9.17) is 27.8 Å². The van der Waals surface area contributed by atoms with Gasteiger partial charge in [0.1, 0.15) is 6.33 Å². The average molecular weight is 716 g/mol. The SMILES string of the molecule is [2H]c1cc(-c2cccc(-c3cccc4c3sc3c(-c5cccc(-c6c([2H])c([2H])c([2H])c7c6sc6c([2H])c([2H])c([2H])c([2H])c67)c5)ncnc34)c2)c2sc3c([2H])c([2H])c([2H])c([2H])c3c2c1[2H]. The number of rotatable bonds is 4. The number of nitrogens with zero attached hydrogens (tertiary/aromatic N) is 2. The van der Waals surface area contributed by atoms with Gasteiger partial charge < -0.3 is 0 Å². The van der Waals surface area contributed by atoms with E-state index in [0.29, 0.717) is 47.4 Å². The van der Waals surface area contributed by atoms with E-state index >= 15 is 0 Å². The monoisotopic (exact) mass is 715 g/mol. The lowest BCUT2D eigenvalue weighted by molar-refractivity contribution is 1.24. The molecule has 0 aliphatic rings. The van der Waals surface area contributed by atoms with Crippen molar-refractivity contribution < 1.29 is 17.8 Å². The van der Waals surface area contributed by atoms with Gasteiger partial charge in [0.2, 0.25) is 0 Å². The van der Waals surface area contributed by atoms with Gasteiger partial charge in [0.15, 0.2) is 0 Å². The average Bonchev–Trinajstić information content (AvgIpc) is 4.02. The van der Waals surface area contributed by atoms with Gasteiger partial charge in [0.05, 0.1) is 33.7 Å². The predicted octanol–water partition coefficient (Wildman–Crippen LogP) is 14.2. The van der Waals surface area contributed by atoms with E-state index in [1.807, 2.05) is 60.7 Å². The zero-order chi connectivity index (χ0) is 44.8. The summed E-state index contributed by atoms with van der Waals surface area (Å²) in [6.07, 6.45) is 1.51. The Bertz CT molecular complexity index is 3910. The summed E-state index contributed by atoms with van der Waals surface area (Å²) in [5.41, 5.74) is 6.17. The highest BCUT2D eigenvalue weighted by Crippen LogP contribution is 2.45. The van der Waals surface area contributed by atoms with Gasteiger partial charge in [-0.05, 0) is 57.6 Å². The number of benzene rings is 7. The minimum atomic E-state index is -0.425. The highest BCUT2D eigenvalue weighted by atomic mass is 32.1. The van der Waals surface area contributed by atoms with Crippen LogP contribution in [0.1, 0.15) is 17.8 Å². The quantitative estimate of drug-likeness (QED) is 0.181. The summed E-state index contributed by atoms with van der Waals surface area (Å²) >= 11 is 3.81. The van der Waals surface area contributed by atoms with Crippen LogP contribution in [0, 0.1) is 0 Å². The van der Waals surface area contributed by atoms with Crippen molar-refractivity contribution in [1.29, 1.82) is 0 Å². The van der Waals surface area contributed by atoms with Gasteiger partial charge in [-0.2, -0.15) is 0 Å². The summed E-state index contributed by atoms with van der Waals surface area (Å²) in [5, 5.41) is 1.86. The number of hydrogen-bond acceptors (Lipinski definition) is 5. The standard InChI is InChI=1S/C46H26N2S3/c1-3-22-39-34(14-1)36-19-7-16-31(43(36)49-39)27-10-5-11-28(24-27)33-18-9-21-38-42-46(51-45(33)38)41(47-26-48-42)30-13-6-12-29(25-30)32-17-8-20-37-35-15-2-4-23-40(35)50-44(32)37/h1-26H/i1D,2D,3D,4D,7D,8D,14D,15D,17D,19D,20D,22D,23D. The van der Waals surface area contributed by atoms with Crippen molar-refractivity contribution in [2.45, 2.75) is 0 Å². The van der Waals surface area contributed by atoms with Crippen LogP contribution in [-0.4, -0.2) is 9.97 Å². The Morgan fingerprint density at radius 3 is 1.75 bits per heavy atom. The molecule has 11 rings (SSSR count). The molecule has 0 fully saturated rings. The van der Waals surface area contributed by atoms with E-state index in [1.54, 1.807) is 12.1 Å². The molecular weight excluding hydrogens is 677 g/mol. The molecule has 0 aliphatic carbocycles. The van der Waals surface area contributed by atoms with Crippen molar-refractivity contribution in [3.8, 4) is 44.6 Å². The van der Waals surface area contributed by atoms with E-state index in [-0.39, 0.29) is 93.4 Å². The molecule has 0 N–H and O–H groups in total. The molecule has 4 heterocycles. The molecule has 51 heavy (non-hydrogen) atoms. The van der Waals surface area contributed by atoms with E-state index in [9.17, 15) is 0 Å². The van der Waals surface area contributed by atoms with Crippen molar-refractivity contribution >= 4 is 94.7 Å². The molecule has 0 radical (unpaired) electrons. The first-order valence-corrected chi connectivity index (χ1v) is 18.4. The maximum absolute atomic E-state index is 9.05. The molecule has 0 atom stereocenters. The molecule has 11 aromatic rings. The Kier molecular flexibility index (Phi) is 4.26. The van der Waals surface area contributed by atoms with Gasteiger partial charge in [-0.3, -0.25) is 0 Å². The van der Waals surface area contributed by atoms with E-state index in [0.717, 1.165) is 48.3 Å². The molecule has 0 bridgehead atoms. The molecular formula is C46H26N2S3. The van der Waals surface area contributed by atoms with Crippen LogP contribution in [0.3, 0.4) is 0 Å². The zero-order valence-electron chi connectivity index (χ0n) is 39.1. The fourth-order valence-corrected chi connectivity index (χ4v) is 10.3. The first kappa shape index (κ1) is 19.0. The van der Waals surface area contributed by atoms with Crippen LogP contribution in [0.15, 0.2) is 158 Å². The van der Waals surface area contributed by atoms with Gasteiger partial charge in [-0.25, -0.2) is 9.97 Å². The second-order valence-corrected chi connectivity index (χ2v) is 15.0. The lowest BCUT2D eigenvalue weighted by Crippen LogP contribution is -1.87. The highest BCUT2D eigenvalue weighted by molar-refractivity contribution is 7.27. The van der Waals surface area contributed by atoms with Crippen molar-refractivity contribution in [3.63, 3.8) is 0 Å². The molecule has 0 spiro atoms. The largest absolute Gasteiger partial charge is 0.235 e. The van der Waals surface area contributed by atoms with Gasteiger partial charge in [0.25, 0.3) is 0 Å². The molecule has 7 aromatic carbocycles. The van der Waals surface area contributed by atoms with Crippen LogP contribution in [0.5, 0.6) is 0 Å². The zero-order valence-corrected chi connectivity index (χ0v) is 28.6.